The van der Waals surface area contributed by atoms with E-state index >= 15 is 0 Å². The molecule has 0 aliphatic rings. The molecule has 0 atom stereocenters. The van der Waals surface area contributed by atoms with E-state index in [0.29, 0.717) is 17.3 Å². The van der Waals surface area contributed by atoms with Gasteiger partial charge in [0, 0.05) is 16.9 Å². The second kappa shape index (κ2) is 4.86. The normalized spacial score (nSPS) is 10.1. The third-order valence-corrected chi connectivity index (χ3v) is 2.29. The minimum absolute atomic E-state index is 0.396. The van der Waals surface area contributed by atoms with E-state index in [0.717, 1.165) is 11.4 Å². The Balaban J connectivity index is 1.99. The van der Waals surface area contributed by atoms with E-state index in [4.69, 9.17) is 22.1 Å². The fourth-order valence-corrected chi connectivity index (χ4v) is 1.39. The van der Waals surface area contributed by atoms with Gasteiger partial charge in [-0.1, -0.05) is 11.6 Å². The van der Waals surface area contributed by atoms with Gasteiger partial charge in [0.25, 0.3) is 0 Å². The Kier molecular flexibility index (Phi) is 3.27. The van der Waals surface area contributed by atoms with E-state index in [2.05, 4.69) is 4.98 Å². The Hall–Kier alpha value is -1.74. The SMILES string of the molecule is Nc1ccnc(COc2ccc(Cl)cc2)c1. The lowest BCUT2D eigenvalue weighted by Crippen LogP contribution is -1.99. The number of hydrogen-bond acceptors (Lipinski definition) is 3. The van der Waals surface area contributed by atoms with Crippen LogP contribution in [0.5, 0.6) is 5.75 Å². The quantitative estimate of drug-likeness (QED) is 0.888. The third-order valence-electron chi connectivity index (χ3n) is 2.04. The van der Waals surface area contributed by atoms with Crippen molar-refractivity contribution in [2.24, 2.45) is 0 Å². The van der Waals surface area contributed by atoms with Gasteiger partial charge in [0.05, 0.1) is 5.69 Å². The van der Waals surface area contributed by atoms with Crippen molar-refractivity contribution < 1.29 is 4.74 Å². The average Bonchev–Trinajstić information content (AvgIpc) is 2.28. The summed E-state index contributed by atoms with van der Waals surface area (Å²) in [5, 5.41) is 0.689. The van der Waals surface area contributed by atoms with Crippen LogP contribution in [0.1, 0.15) is 5.69 Å². The monoisotopic (exact) mass is 234 g/mol. The fraction of sp³-hybridized carbons (Fsp3) is 0.0833. The molecule has 0 aliphatic heterocycles. The summed E-state index contributed by atoms with van der Waals surface area (Å²) in [5.41, 5.74) is 7.12. The smallest absolute Gasteiger partial charge is 0.130 e. The number of rotatable bonds is 3. The molecule has 0 saturated carbocycles. The van der Waals surface area contributed by atoms with Gasteiger partial charge in [-0.2, -0.15) is 0 Å². The standard InChI is InChI=1S/C12H11ClN2O/c13-9-1-3-12(4-2-9)16-8-11-7-10(14)5-6-15-11/h1-7H,8H2,(H2,14,15). The molecule has 3 nitrogen and oxygen atoms in total. The zero-order chi connectivity index (χ0) is 11.4. The molecule has 0 bridgehead atoms. The van der Waals surface area contributed by atoms with E-state index in [1.165, 1.54) is 0 Å². The van der Waals surface area contributed by atoms with Crippen LogP contribution >= 0.6 is 11.6 Å². The van der Waals surface area contributed by atoms with Crippen molar-refractivity contribution in [3.8, 4) is 5.75 Å². The minimum Gasteiger partial charge on any atom is -0.487 e. The van der Waals surface area contributed by atoms with Crippen molar-refractivity contribution >= 4 is 17.3 Å². The molecule has 82 valence electrons. The van der Waals surface area contributed by atoms with E-state index in [1.54, 1.807) is 30.5 Å². The first-order valence-corrected chi connectivity index (χ1v) is 5.20. The predicted octanol–water partition coefficient (Wildman–Crippen LogP) is 2.90. The maximum Gasteiger partial charge on any atom is 0.130 e. The van der Waals surface area contributed by atoms with E-state index in [-0.39, 0.29) is 0 Å². The molecular formula is C12H11ClN2O. The summed E-state index contributed by atoms with van der Waals surface area (Å²) < 4.78 is 5.53. The van der Waals surface area contributed by atoms with Gasteiger partial charge >= 0.3 is 0 Å². The van der Waals surface area contributed by atoms with Crippen LogP contribution in [-0.4, -0.2) is 4.98 Å². The number of ether oxygens (including phenoxy) is 1. The zero-order valence-corrected chi connectivity index (χ0v) is 9.32. The molecule has 2 N–H and O–H groups in total. The molecule has 0 spiro atoms. The van der Waals surface area contributed by atoms with Gasteiger partial charge in [0.2, 0.25) is 0 Å². The van der Waals surface area contributed by atoms with Gasteiger partial charge in [-0.3, -0.25) is 4.98 Å². The summed E-state index contributed by atoms with van der Waals surface area (Å²) in [6.45, 7) is 0.396. The fourth-order valence-electron chi connectivity index (χ4n) is 1.26. The second-order valence-electron chi connectivity index (χ2n) is 3.32. The number of nitrogen functional groups attached to an aromatic ring is 1. The highest BCUT2D eigenvalue weighted by molar-refractivity contribution is 6.30. The summed E-state index contributed by atoms with van der Waals surface area (Å²) in [6.07, 6.45) is 1.66. The van der Waals surface area contributed by atoms with Gasteiger partial charge in [-0.15, -0.1) is 0 Å². The van der Waals surface area contributed by atoms with Crippen molar-refractivity contribution in [2.45, 2.75) is 6.61 Å². The Bertz CT molecular complexity index is 471. The molecule has 2 aromatic rings. The second-order valence-corrected chi connectivity index (χ2v) is 3.76. The number of nitrogens with zero attached hydrogens (tertiary/aromatic N) is 1. The Morgan fingerprint density at radius 3 is 2.62 bits per heavy atom. The third kappa shape index (κ3) is 2.87. The van der Waals surface area contributed by atoms with Crippen LogP contribution in [0.3, 0.4) is 0 Å². The number of anilines is 1. The molecule has 1 aromatic carbocycles. The van der Waals surface area contributed by atoms with Crippen LogP contribution in [0, 0.1) is 0 Å². The first kappa shape index (κ1) is 10.8. The first-order valence-electron chi connectivity index (χ1n) is 4.83. The lowest BCUT2D eigenvalue weighted by atomic mass is 10.3. The molecule has 0 saturated heterocycles. The van der Waals surface area contributed by atoms with Gasteiger partial charge in [-0.05, 0) is 36.4 Å². The van der Waals surface area contributed by atoms with Crippen LogP contribution in [0.4, 0.5) is 5.69 Å². The van der Waals surface area contributed by atoms with Crippen LogP contribution in [0.15, 0.2) is 42.6 Å². The van der Waals surface area contributed by atoms with Crippen molar-refractivity contribution in [1.29, 1.82) is 0 Å². The molecule has 0 radical (unpaired) electrons. The Labute approximate surface area is 98.8 Å². The molecule has 1 aromatic heterocycles. The largest absolute Gasteiger partial charge is 0.487 e. The molecule has 16 heavy (non-hydrogen) atoms. The number of aromatic nitrogens is 1. The van der Waals surface area contributed by atoms with Crippen LogP contribution in [0.25, 0.3) is 0 Å². The molecule has 0 amide bonds. The van der Waals surface area contributed by atoms with Crippen molar-refractivity contribution in [1.82, 2.24) is 4.98 Å². The van der Waals surface area contributed by atoms with Crippen molar-refractivity contribution in [2.75, 3.05) is 5.73 Å². The minimum atomic E-state index is 0.396. The molecule has 0 unspecified atom stereocenters. The Morgan fingerprint density at radius 2 is 1.94 bits per heavy atom. The van der Waals surface area contributed by atoms with Crippen molar-refractivity contribution in [3.05, 3.63) is 53.3 Å². The summed E-state index contributed by atoms with van der Waals surface area (Å²) >= 11 is 5.77. The number of benzene rings is 1. The maximum absolute atomic E-state index is 5.77. The molecule has 0 aliphatic carbocycles. The van der Waals surface area contributed by atoms with Crippen LogP contribution in [-0.2, 0) is 6.61 Å². The molecular weight excluding hydrogens is 224 g/mol. The van der Waals surface area contributed by atoms with Crippen LogP contribution < -0.4 is 10.5 Å². The zero-order valence-electron chi connectivity index (χ0n) is 8.56. The number of pyridine rings is 1. The highest BCUT2D eigenvalue weighted by Gasteiger charge is 1.97. The lowest BCUT2D eigenvalue weighted by molar-refractivity contribution is 0.301. The number of halogens is 1. The maximum atomic E-state index is 5.77. The summed E-state index contributed by atoms with van der Waals surface area (Å²) in [7, 11) is 0. The summed E-state index contributed by atoms with van der Waals surface area (Å²) in [5.74, 6) is 0.758. The average molecular weight is 235 g/mol. The van der Waals surface area contributed by atoms with Gasteiger partial charge in [0.15, 0.2) is 0 Å². The number of nitrogens with two attached hydrogens (primary N) is 1. The molecule has 0 fully saturated rings. The highest BCUT2D eigenvalue weighted by Crippen LogP contribution is 2.16. The van der Waals surface area contributed by atoms with Gasteiger partial charge in [0.1, 0.15) is 12.4 Å². The number of hydrogen-bond donors (Lipinski definition) is 1. The lowest BCUT2D eigenvalue weighted by Gasteiger charge is -2.05. The van der Waals surface area contributed by atoms with E-state index in [9.17, 15) is 0 Å². The highest BCUT2D eigenvalue weighted by atomic mass is 35.5. The van der Waals surface area contributed by atoms with Crippen molar-refractivity contribution in [3.63, 3.8) is 0 Å². The predicted molar refractivity (Wildman–Crippen MR) is 64.4 cm³/mol. The van der Waals surface area contributed by atoms with E-state index < -0.39 is 0 Å². The Morgan fingerprint density at radius 1 is 1.19 bits per heavy atom. The summed E-state index contributed by atoms with van der Waals surface area (Å²) in [4.78, 5) is 4.14. The van der Waals surface area contributed by atoms with E-state index in [1.807, 2.05) is 12.1 Å². The topological polar surface area (TPSA) is 48.1 Å². The molecule has 1 heterocycles. The molecule has 2 rings (SSSR count). The molecule has 4 heteroatoms. The van der Waals surface area contributed by atoms with Gasteiger partial charge < -0.3 is 10.5 Å². The van der Waals surface area contributed by atoms with Crippen LogP contribution in [0.2, 0.25) is 5.02 Å². The van der Waals surface area contributed by atoms with Gasteiger partial charge in [-0.25, -0.2) is 0 Å². The first-order chi connectivity index (χ1) is 7.74. The summed E-state index contributed by atoms with van der Waals surface area (Å²) in [6, 6.07) is 10.7.